The lowest BCUT2D eigenvalue weighted by Crippen LogP contribution is -2.07. The Balaban J connectivity index is 1.73. The van der Waals surface area contributed by atoms with Crippen LogP contribution >= 0.6 is 0 Å². The normalized spacial score (nSPS) is 10.4. The van der Waals surface area contributed by atoms with Gasteiger partial charge in [0.25, 0.3) is 0 Å². The van der Waals surface area contributed by atoms with Crippen LogP contribution in [0.2, 0.25) is 0 Å². The van der Waals surface area contributed by atoms with E-state index in [4.69, 9.17) is 4.74 Å². The van der Waals surface area contributed by atoms with E-state index in [-0.39, 0.29) is 0 Å². The molecule has 0 saturated heterocycles. The molecule has 0 aliphatic rings. The Kier molecular flexibility index (Phi) is 5.77. The molecule has 0 unspecified atom stereocenters. The number of ether oxygens (including phenoxy) is 1. The van der Waals surface area contributed by atoms with Gasteiger partial charge in [-0.3, -0.25) is 0 Å². The number of nitrogens with zero attached hydrogens (tertiary/aromatic N) is 2. The van der Waals surface area contributed by atoms with Gasteiger partial charge in [0.1, 0.15) is 5.75 Å². The predicted octanol–water partition coefficient (Wildman–Crippen LogP) is 5.24. The topological polar surface area (TPSA) is 52.1 Å². The van der Waals surface area contributed by atoms with Gasteiger partial charge in [-0.1, -0.05) is 56.3 Å². The number of carbonyl (C=O) groups excluding carboxylic acids is 1. The fraction of sp³-hybridized carbons (Fsp3) is 0.174. The minimum absolute atomic E-state index is 0.366. The maximum atomic E-state index is 11.6. The second kappa shape index (κ2) is 8.41. The van der Waals surface area contributed by atoms with Gasteiger partial charge in [-0.05, 0) is 36.6 Å². The van der Waals surface area contributed by atoms with E-state index < -0.39 is 5.97 Å². The quantitative estimate of drug-likeness (QED) is 0.343. The first-order valence-corrected chi connectivity index (χ1v) is 8.96. The summed E-state index contributed by atoms with van der Waals surface area (Å²) in [6, 6.07) is 15.6. The number of benzene rings is 2. The zero-order valence-corrected chi connectivity index (χ0v) is 15.6. The summed E-state index contributed by atoms with van der Waals surface area (Å²) < 4.78 is 5.20. The first kappa shape index (κ1) is 18.5. The van der Waals surface area contributed by atoms with Crippen LogP contribution in [0.5, 0.6) is 5.75 Å². The van der Waals surface area contributed by atoms with Crippen molar-refractivity contribution in [3.8, 4) is 28.3 Å². The molecule has 3 aromatic rings. The van der Waals surface area contributed by atoms with Gasteiger partial charge in [-0.15, -0.1) is 0 Å². The molecule has 2 aromatic carbocycles. The molecule has 0 fully saturated rings. The van der Waals surface area contributed by atoms with E-state index >= 15 is 0 Å². The van der Waals surface area contributed by atoms with Crippen LogP contribution < -0.4 is 4.74 Å². The molecule has 0 aliphatic carbocycles. The Morgan fingerprint density at radius 2 is 1.52 bits per heavy atom. The molecule has 27 heavy (non-hydrogen) atoms. The summed E-state index contributed by atoms with van der Waals surface area (Å²) in [6.45, 7) is 7.36. The highest BCUT2D eigenvalue weighted by Crippen LogP contribution is 2.23. The van der Waals surface area contributed by atoms with E-state index in [2.05, 4.69) is 47.7 Å². The lowest BCUT2D eigenvalue weighted by atomic mass is 10.1. The van der Waals surface area contributed by atoms with Crippen LogP contribution in [0.3, 0.4) is 0 Å². The first-order valence-electron chi connectivity index (χ1n) is 8.96. The van der Waals surface area contributed by atoms with Gasteiger partial charge >= 0.3 is 5.97 Å². The SMILES string of the molecule is C=C(C)C(=O)Oc1ccc(-c2cnc(-c3ccc(CCC)cc3)nc2)cc1. The van der Waals surface area contributed by atoms with Crippen LogP contribution in [0.25, 0.3) is 22.5 Å². The van der Waals surface area contributed by atoms with Crippen molar-refractivity contribution in [2.45, 2.75) is 26.7 Å². The summed E-state index contributed by atoms with van der Waals surface area (Å²) in [5, 5.41) is 0. The van der Waals surface area contributed by atoms with Gasteiger partial charge < -0.3 is 4.74 Å². The van der Waals surface area contributed by atoms with Crippen LogP contribution in [0.15, 0.2) is 73.1 Å². The average Bonchev–Trinajstić information content (AvgIpc) is 2.69. The van der Waals surface area contributed by atoms with Crippen LogP contribution in [-0.2, 0) is 11.2 Å². The Bertz CT molecular complexity index is 928. The molecule has 136 valence electrons. The summed E-state index contributed by atoms with van der Waals surface area (Å²) in [6.07, 6.45) is 5.82. The Morgan fingerprint density at radius 3 is 2.07 bits per heavy atom. The minimum atomic E-state index is -0.430. The predicted molar refractivity (Wildman–Crippen MR) is 107 cm³/mol. The number of aromatic nitrogens is 2. The monoisotopic (exact) mass is 358 g/mol. The van der Waals surface area contributed by atoms with Gasteiger partial charge in [0, 0.05) is 29.1 Å². The zero-order chi connectivity index (χ0) is 19.2. The highest BCUT2D eigenvalue weighted by Gasteiger charge is 2.07. The van der Waals surface area contributed by atoms with E-state index in [1.165, 1.54) is 5.56 Å². The molecule has 0 aliphatic heterocycles. The molecule has 0 spiro atoms. The molecule has 1 heterocycles. The number of rotatable bonds is 6. The molecule has 0 amide bonds. The maximum absolute atomic E-state index is 11.6. The van der Waals surface area contributed by atoms with Crippen molar-refractivity contribution in [2.75, 3.05) is 0 Å². The molecule has 4 heteroatoms. The van der Waals surface area contributed by atoms with Crippen LogP contribution in [0.1, 0.15) is 25.8 Å². The van der Waals surface area contributed by atoms with E-state index in [1.54, 1.807) is 31.5 Å². The number of hydrogen-bond acceptors (Lipinski definition) is 4. The third-order valence-electron chi connectivity index (χ3n) is 4.15. The fourth-order valence-corrected chi connectivity index (χ4v) is 2.64. The average molecular weight is 358 g/mol. The van der Waals surface area contributed by atoms with Gasteiger partial charge in [0.05, 0.1) is 0 Å². The number of esters is 1. The molecule has 0 atom stereocenters. The molecule has 0 saturated carbocycles. The molecule has 0 bridgehead atoms. The van der Waals surface area contributed by atoms with Crippen molar-refractivity contribution in [1.82, 2.24) is 9.97 Å². The van der Waals surface area contributed by atoms with E-state index in [0.29, 0.717) is 17.1 Å². The van der Waals surface area contributed by atoms with E-state index in [9.17, 15) is 4.79 Å². The maximum Gasteiger partial charge on any atom is 0.338 e. The van der Waals surface area contributed by atoms with Crippen molar-refractivity contribution in [1.29, 1.82) is 0 Å². The summed E-state index contributed by atoms with van der Waals surface area (Å²) in [5.74, 6) is 0.755. The van der Waals surface area contributed by atoms with Crippen LogP contribution in [0, 0.1) is 0 Å². The van der Waals surface area contributed by atoms with Crippen molar-refractivity contribution in [3.05, 3.63) is 78.6 Å². The van der Waals surface area contributed by atoms with Gasteiger partial charge in [0.2, 0.25) is 0 Å². The van der Waals surface area contributed by atoms with Crippen molar-refractivity contribution >= 4 is 5.97 Å². The van der Waals surface area contributed by atoms with Crippen molar-refractivity contribution < 1.29 is 9.53 Å². The van der Waals surface area contributed by atoms with Crippen LogP contribution in [0.4, 0.5) is 0 Å². The number of carbonyl (C=O) groups is 1. The van der Waals surface area contributed by atoms with E-state index in [0.717, 1.165) is 29.5 Å². The summed E-state index contributed by atoms with van der Waals surface area (Å²) >= 11 is 0. The smallest absolute Gasteiger partial charge is 0.338 e. The molecule has 0 radical (unpaired) electrons. The zero-order valence-electron chi connectivity index (χ0n) is 15.6. The van der Waals surface area contributed by atoms with Gasteiger partial charge in [-0.25, -0.2) is 14.8 Å². The first-order chi connectivity index (χ1) is 13.1. The second-order valence-electron chi connectivity index (χ2n) is 6.44. The largest absolute Gasteiger partial charge is 0.423 e. The molecule has 0 N–H and O–H groups in total. The Hall–Kier alpha value is -3.27. The fourth-order valence-electron chi connectivity index (χ4n) is 2.64. The van der Waals surface area contributed by atoms with Gasteiger partial charge in [-0.2, -0.15) is 0 Å². The molecular formula is C23H22N2O2. The number of hydrogen-bond donors (Lipinski definition) is 0. The molecule has 1 aromatic heterocycles. The molecule has 3 rings (SSSR count). The minimum Gasteiger partial charge on any atom is -0.423 e. The van der Waals surface area contributed by atoms with E-state index in [1.807, 2.05) is 12.1 Å². The second-order valence-corrected chi connectivity index (χ2v) is 6.44. The Morgan fingerprint density at radius 1 is 0.926 bits per heavy atom. The molecule has 4 nitrogen and oxygen atoms in total. The molecular weight excluding hydrogens is 336 g/mol. The lowest BCUT2D eigenvalue weighted by molar-refractivity contribution is -0.130. The highest BCUT2D eigenvalue weighted by molar-refractivity contribution is 5.88. The third kappa shape index (κ3) is 4.67. The lowest BCUT2D eigenvalue weighted by Gasteiger charge is -2.06. The number of aryl methyl sites for hydroxylation is 1. The van der Waals surface area contributed by atoms with Gasteiger partial charge in [0.15, 0.2) is 5.82 Å². The Labute approximate surface area is 159 Å². The standard InChI is InChI=1S/C23H22N2O2/c1-4-5-17-6-8-19(9-7-17)22-24-14-20(15-25-22)18-10-12-21(13-11-18)27-23(26)16(2)3/h6-15H,2,4-5H2,1,3H3. The van der Waals surface area contributed by atoms with Crippen molar-refractivity contribution in [2.24, 2.45) is 0 Å². The summed E-state index contributed by atoms with van der Waals surface area (Å²) in [5.41, 5.74) is 4.55. The van der Waals surface area contributed by atoms with Crippen molar-refractivity contribution in [3.63, 3.8) is 0 Å². The summed E-state index contributed by atoms with van der Waals surface area (Å²) in [7, 11) is 0. The highest BCUT2D eigenvalue weighted by atomic mass is 16.5. The van der Waals surface area contributed by atoms with Crippen LogP contribution in [-0.4, -0.2) is 15.9 Å². The third-order valence-corrected chi connectivity index (χ3v) is 4.15. The summed E-state index contributed by atoms with van der Waals surface area (Å²) in [4.78, 5) is 20.5.